The van der Waals surface area contributed by atoms with Crippen LogP contribution in [0.5, 0.6) is 0 Å². The Kier molecular flexibility index (Phi) is 6.30. The van der Waals surface area contributed by atoms with Crippen molar-refractivity contribution in [3.05, 3.63) is 156 Å². The van der Waals surface area contributed by atoms with Crippen LogP contribution >= 0.6 is 0 Å². The molecule has 7 heteroatoms. The van der Waals surface area contributed by atoms with Crippen molar-refractivity contribution in [2.75, 3.05) is 0 Å². The van der Waals surface area contributed by atoms with Crippen LogP contribution in [-0.4, -0.2) is 9.13 Å². The molecular weight excluding hydrogens is 653 g/mol. The van der Waals surface area contributed by atoms with Gasteiger partial charge in [0.25, 0.3) is 0 Å². The van der Waals surface area contributed by atoms with Crippen LogP contribution in [0.2, 0.25) is 0 Å². The second kappa shape index (κ2) is 11.2. The van der Waals surface area contributed by atoms with E-state index in [0.717, 1.165) is 65.6 Å². The lowest BCUT2D eigenvalue weighted by atomic mass is 9.92. The third-order valence-corrected chi connectivity index (χ3v) is 10.3. The van der Waals surface area contributed by atoms with Crippen molar-refractivity contribution >= 4 is 65.6 Å². The van der Waals surface area contributed by atoms with Crippen LogP contribution in [-0.2, 0) is 0 Å². The lowest BCUT2D eigenvalue weighted by molar-refractivity contribution is 0.669. The molecule has 0 N–H and O–H groups in total. The van der Waals surface area contributed by atoms with Crippen molar-refractivity contribution in [2.45, 2.75) is 0 Å². The van der Waals surface area contributed by atoms with Crippen molar-refractivity contribution in [1.29, 1.82) is 21.0 Å². The van der Waals surface area contributed by atoms with Gasteiger partial charge in [0.15, 0.2) is 0 Å². The monoisotopic (exact) mass is 674 g/mol. The molecule has 0 spiro atoms. The zero-order chi connectivity index (χ0) is 35.8. The van der Waals surface area contributed by atoms with Crippen LogP contribution in [0.15, 0.2) is 138 Å². The first kappa shape index (κ1) is 29.8. The minimum Gasteiger partial charge on any atom is -0.456 e. The smallest absolute Gasteiger partial charge is 0.136 e. The molecule has 0 radical (unpaired) electrons. The molecule has 7 aromatic carbocycles. The summed E-state index contributed by atoms with van der Waals surface area (Å²) in [6.07, 6.45) is 0. The molecule has 242 valence electrons. The van der Waals surface area contributed by atoms with E-state index in [9.17, 15) is 21.0 Å². The molecule has 0 unspecified atom stereocenters. The molecule has 10 rings (SSSR count). The predicted molar refractivity (Wildman–Crippen MR) is 207 cm³/mol. The average Bonchev–Trinajstić information content (AvgIpc) is 3.86. The summed E-state index contributed by atoms with van der Waals surface area (Å²) in [6, 6.07) is 52.2. The van der Waals surface area contributed by atoms with Gasteiger partial charge in [-0.2, -0.15) is 21.0 Å². The number of para-hydroxylation sites is 4. The van der Waals surface area contributed by atoms with Crippen LogP contribution in [0.3, 0.4) is 0 Å². The van der Waals surface area contributed by atoms with Gasteiger partial charge in [-0.1, -0.05) is 78.9 Å². The summed E-state index contributed by atoms with van der Waals surface area (Å²) in [7, 11) is 0. The summed E-state index contributed by atoms with van der Waals surface area (Å²) in [6.45, 7) is 0. The Labute approximate surface area is 301 Å². The number of furan rings is 1. The van der Waals surface area contributed by atoms with Gasteiger partial charge in [-0.05, 0) is 54.6 Å². The van der Waals surface area contributed by atoms with E-state index in [4.69, 9.17) is 4.42 Å². The first-order chi connectivity index (χ1) is 26.1. The topological polar surface area (TPSA) is 118 Å². The Morgan fingerprint density at radius 1 is 0.396 bits per heavy atom. The maximum atomic E-state index is 10.9. The van der Waals surface area contributed by atoms with Crippen molar-refractivity contribution in [1.82, 2.24) is 9.13 Å². The third kappa shape index (κ3) is 4.11. The highest BCUT2D eigenvalue weighted by Crippen LogP contribution is 2.45. The molecule has 0 atom stereocenters. The fraction of sp³-hybridized carbons (Fsp3) is 0. The Morgan fingerprint density at radius 2 is 0.981 bits per heavy atom. The summed E-state index contributed by atoms with van der Waals surface area (Å²) in [5.74, 6) is 0. The highest BCUT2D eigenvalue weighted by Gasteiger charge is 2.27. The van der Waals surface area contributed by atoms with Gasteiger partial charge in [0.2, 0.25) is 0 Å². The second-order valence-corrected chi connectivity index (χ2v) is 12.9. The van der Waals surface area contributed by atoms with E-state index in [1.54, 1.807) is 18.2 Å². The van der Waals surface area contributed by atoms with Gasteiger partial charge < -0.3 is 13.6 Å². The molecule has 0 saturated heterocycles. The molecule has 0 aliphatic heterocycles. The summed E-state index contributed by atoms with van der Waals surface area (Å²) in [5.41, 5.74) is 8.11. The molecule has 3 heterocycles. The number of fused-ring (bicyclic) bond motifs is 9. The van der Waals surface area contributed by atoms with Gasteiger partial charge >= 0.3 is 0 Å². The number of rotatable bonds is 3. The maximum Gasteiger partial charge on any atom is 0.136 e. The first-order valence-electron chi connectivity index (χ1n) is 16.9. The van der Waals surface area contributed by atoms with Crippen molar-refractivity contribution in [3.8, 4) is 46.8 Å². The molecule has 0 fully saturated rings. The molecule has 0 aliphatic rings. The lowest BCUT2D eigenvalue weighted by Gasteiger charge is -2.21. The highest BCUT2D eigenvalue weighted by atomic mass is 16.3. The van der Waals surface area contributed by atoms with Crippen molar-refractivity contribution in [2.24, 2.45) is 0 Å². The van der Waals surface area contributed by atoms with Crippen LogP contribution < -0.4 is 0 Å². The second-order valence-electron chi connectivity index (χ2n) is 12.9. The molecule has 0 saturated carbocycles. The summed E-state index contributed by atoms with van der Waals surface area (Å²) in [5, 5.41) is 48.1. The zero-order valence-corrected chi connectivity index (χ0v) is 27.8. The molecule has 10 aromatic rings. The van der Waals surface area contributed by atoms with Gasteiger partial charge in [0.05, 0.1) is 61.8 Å². The van der Waals surface area contributed by atoms with Crippen molar-refractivity contribution < 1.29 is 4.42 Å². The van der Waals surface area contributed by atoms with Crippen LogP contribution in [0.1, 0.15) is 22.3 Å². The fourth-order valence-corrected chi connectivity index (χ4v) is 8.07. The summed E-state index contributed by atoms with van der Waals surface area (Å²) >= 11 is 0. The Balaban J connectivity index is 1.42. The zero-order valence-electron chi connectivity index (χ0n) is 27.8. The Hall–Kier alpha value is -8.10. The van der Waals surface area contributed by atoms with Gasteiger partial charge in [0, 0.05) is 43.4 Å². The van der Waals surface area contributed by atoms with E-state index in [2.05, 4.69) is 47.0 Å². The van der Waals surface area contributed by atoms with Gasteiger partial charge in [-0.3, -0.25) is 0 Å². The molecule has 53 heavy (non-hydrogen) atoms. The number of aromatic nitrogens is 2. The molecular formula is C46H22N6O. The van der Waals surface area contributed by atoms with Gasteiger partial charge in [0.1, 0.15) is 29.4 Å². The number of nitriles is 4. The summed E-state index contributed by atoms with van der Waals surface area (Å²) < 4.78 is 10.4. The standard InChI is InChI=1S/C46H22N6O/c47-23-27-19-29(25-49)45(51-39-13-5-1-9-30(39)31-10-2-6-14-40(31)51)37(20-27)34-18-17-28(24-48)38(26-50)46(34)52-41-15-7-3-11-32(41)35-22-44-36(21-42(35)52)33-12-4-8-16-43(33)53-44/h1-22H. The van der Waals surface area contributed by atoms with Crippen LogP contribution in [0.4, 0.5) is 0 Å². The predicted octanol–water partition coefficient (Wildman–Crippen LogP) is 10.9. The molecule has 0 amide bonds. The van der Waals surface area contributed by atoms with Gasteiger partial charge in [-0.25, -0.2) is 0 Å². The Morgan fingerprint density at radius 3 is 1.60 bits per heavy atom. The fourth-order valence-electron chi connectivity index (χ4n) is 8.07. The van der Waals surface area contributed by atoms with E-state index in [0.29, 0.717) is 33.6 Å². The van der Waals surface area contributed by atoms with E-state index >= 15 is 0 Å². The SMILES string of the molecule is N#Cc1cc(C#N)c(-n2c3ccccc3c3ccccc32)c(-c2ccc(C#N)c(C#N)c2-n2c3ccccc3c3cc4oc5ccccc5c4cc32)c1. The average molecular weight is 675 g/mol. The lowest BCUT2D eigenvalue weighted by Crippen LogP contribution is -2.07. The van der Waals surface area contributed by atoms with E-state index in [1.165, 1.54) is 0 Å². The molecule has 0 aliphatic carbocycles. The number of benzene rings is 7. The highest BCUT2D eigenvalue weighted by molar-refractivity contribution is 6.18. The first-order valence-corrected chi connectivity index (χ1v) is 16.9. The van der Waals surface area contributed by atoms with E-state index < -0.39 is 0 Å². The number of hydrogen-bond acceptors (Lipinski definition) is 5. The summed E-state index contributed by atoms with van der Waals surface area (Å²) in [4.78, 5) is 0. The quantitative estimate of drug-likeness (QED) is 0.185. The van der Waals surface area contributed by atoms with Crippen LogP contribution in [0.25, 0.3) is 88.1 Å². The molecule has 7 nitrogen and oxygen atoms in total. The van der Waals surface area contributed by atoms with E-state index in [-0.39, 0.29) is 11.1 Å². The van der Waals surface area contributed by atoms with E-state index in [1.807, 2.05) is 102 Å². The van der Waals surface area contributed by atoms with Crippen molar-refractivity contribution in [3.63, 3.8) is 0 Å². The molecule has 3 aromatic heterocycles. The van der Waals surface area contributed by atoms with Crippen LogP contribution in [0, 0.1) is 45.3 Å². The maximum absolute atomic E-state index is 10.9. The molecule has 0 bridgehead atoms. The Bertz CT molecular complexity index is 3350. The minimum atomic E-state index is 0.179. The largest absolute Gasteiger partial charge is 0.456 e. The number of hydrogen-bond donors (Lipinski definition) is 0. The third-order valence-electron chi connectivity index (χ3n) is 10.3. The normalized spacial score (nSPS) is 11.3. The minimum absolute atomic E-state index is 0.179. The van der Waals surface area contributed by atoms with Gasteiger partial charge in [-0.15, -0.1) is 0 Å². The number of nitrogens with zero attached hydrogens (tertiary/aromatic N) is 6.